The number of non-ortho nitro benzene ring substituents is 1. The number of carbonyl (C=O) groups is 1. The quantitative estimate of drug-likeness (QED) is 0.417. The molecule has 1 saturated heterocycles. The number of nitrogens with zero attached hydrogens (tertiary/aromatic N) is 4. The fourth-order valence-corrected chi connectivity index (χ4v) is 4.68. The molecule has 0 spiro atoms. The van der Waals surface area contributed by atoms with E-state index in [1.807, 2.05) is 0 Å². The first-order chi connectivity index (χ1) is 13.8. The molecular weight excluding hydrogens is 396 g/mol. The van der Waals surface area contributed by atoms with E-state index in [9.17, 15) is 23.3 Å². The van der Waals surface area contributed by atoms with Crippen LogP contribution in [0.4, 0.5) is 5.69 Å². The van der Waals surface area contributed by atoms with Crippen LogP contribution in [0.15, 0.2) is 53.7 Å². The Morgan fingerprint density at radius 3 is 2.41 bits per heavy atom. The molecule has 0 saturated carbocycles. The summed E-state index contributed by atoms with van der Waals surface area (Å²) in [4.78, 5) is 28.1. The van der Waals surface area contributed by atoms with Crippen molar-refractivity contribution in [3.8, 4) is 0 Å². The van der Waals surface area contributed by atoms with E-state index in [4.69, 9.17) is 0 Å². The van der Waals surface area contributed by atoms with Crippen molar-refractivity contribution in [2.45, 2.75) is 11.8 Å². The number of carbonyl (C=O) groups excluding carboxylic acids is 1. The lowest BCUT2D eigenvalue weighted by Crippen LogP contribution is -2.50. The lowest BCUT2D eigenvalue weighted by molar-refractivity contribution is -0.385. The maximum absolute atomic E-state index is 13.0. The molecule has 1 aliphatic rings. The molecule has 1 fully saturated rings. The first kappa shape index (κ1) is 20.6. The van der Waals surface area contributed by atoms with Gasteiger partial charge in [0.15, 0.2) is 0 Å². The molecule has 1 aliphatic heterocycles. The van der Waals surface area contributed by atoms with Gasteiger partial charge >= 0.3 is 0 Å². The fourth-order valence-electron chi connectivity index (χ4n) is 3.02. The monoisotopic (exact) mass is 416 g/mol. The molecule has 3 rings (SSSR count). The maximum Gasteiger partial charge on any atom is 0.270 e. The molecule has 0 aliphatic carbocycles. The highest BCUT2D eigenvalue weighted by atomic mass is 32.2. The van der Waals surface area contributed by atoms with Crippen LogP contribution in [0.1, 0.15) is 11.1 Å². The van der Waals surface area contributed by atoms with E-state index in [1.54, 1.807) is 42.4 Å². The summed E-state index contributed by atoms with van der Waals surface area (Å²) in [6.07, 6.45) is 6.39. The number of amides is 1. The Morgan fingerprint density at radius 1 is 1.14 bits per heavy atom. The number of piperazine rings is 1. The molecule has 1 aromatic heterocycles. The number of nitro benzene ring substituents is 1. The van der Waals surface area contributed by atoms with Crippen LogP contribution in [-0.2, 0) is 14.8 Å². The van der Waals surface area contributed by atoms with Gasteiger partial charge in [0.05, 0.1) is 9.82 Å². The lowest BCUT2D eigenvalue weighted by Gasteiger charge is -2.33. The molecule has 0 radical (unpaired) electrons. The zero-order chi connectivity index (χ0) is 21.0. The van der Waals surface area contributed by atoms with Gasteiger partial charge in [-0.3, -0.25) is 19.9 Å². The Kier molecular flexibility index (Phi) is 6.04. The Labute approximate surface area is 168 Å². The van der Waals surface area contributed by atoms with Crippen molar-refractivity contribution in [2.24, 2.45) is 0 Å². The molecule has 1 amide bonds. The van der Waals surface area contributed by atoms with Crippen LogP contribution in [0.25, 0.3) is 6.08 Å². The molecule has 0 unspecified atom stereocenters. The minimum atomic E-state index is -3.89. The Morgan fingerprint density at radius 2 is 1.79 bits per heavy atom. The smallest absolute Gasteiger partial charge is 0.270 e. The minimum absolute atomic E-state index is 0.0796. The van der Waals surface area contributed by atoms with Crippen molar-refractivity contribution >= 4 is 27.7 Å². The summed E-state index contributed by atoms with van der Waals surface area (Å²) in [7, 11) is -3.89. The topological polar surface area (TPSA) is 114 Å². The first-order valence-corrected chi connectivity index (χ1v) is 10.4. The van der Waals surface area contributed by atoms with E-state index < -0.39 is 14.9 Å². The van der Waals surface area contributed by atoms with E-state index in [2.05, 4.69) is 4.98 Å². The van der Waals surface area contributed by atoms with E-state index in [1.165, 1.54) is 22.5 Å². The predicted octanol–water partition coefficient (Wildman–Crippen LogP) is 1.84. The van der Waals surface area contributed by atoms with Gasteiger partial charge in [-0.05, 0) is 36.3 Å². The number of hydrogen-bond donors (Lipinski definition) is 0. The van der Waals surface area contributed by atoms with Crippen LogP contribution in [0.3, 0.4) is 0 Å². The number of aromatic nitrogens is 1. The van der Waals surface area contributed by atoms with Crippen molar-refractivity contribution in [3.05, 3.63) is 70.0 Å². The van der Waals surface area contributed by atoms with E-state index >= 15 is 0 Å². The summed E-state index contributed by atoms with van der Waals surface area (Å²) < 4.78 is 27.2. The van der Waals surface area contributed by atoms with Gasteiger partial charge in [0.25, 0.3) is 5.69 Å². The van der Waals surface area contributed by atoms with Crippen LogP contribution in [-0.4, -0.2) is 59.6 Å². The Bertz CT molecular complexity index is 1050. The van der Waals surface area contributed by atoms with Crippen LogP contribution in [0, 0.1) is 17.0 Å². The average molecular weight is 416 g/mol. The summed E-state index contributed by atoms with van der Waals surface area (Å²) >= 11 is 0. The average Bonchev–Trinajstić information content (AvgIpc) is 2.73. The van der Waals surface area contributed by atoms with Gasteiger partial charge in [0, 0.05) is 56.8 Å². The predicted molar refractivity (Wildman–Crippen MR) is 106 cm³/mol. The molecule has 1 aromatic carbocycles. The van der Waals surface area contributed by atoms with Gasteiger partial charge in [0.1, 0.15) is 0 Å². The van der Waals surface area contributed by atoms with Crippen LogP contribution in [0.2, 0.25) is 0 Å². The Balaban J connectivity index is 1.68. The van der Waals surface area contributed by atoms with Crippen molar-refractivity contribution in [1.29, 1.82) is 0 Å². The van der Waals surface area contributed by atoms with Crippen LogP contribution in [0.5, 0.6) is 0 Å². The molecule has 2 heterocycles. The van der Waals surface area contributed by atoms with Crippen molar-refractivity contribution in [1.82, 2.24) is 14.2 Å². The fraction of sp³-hybridized carbons (Fsp3) is 0.263. The normalized spacial score (nSPS) is 15.6. The third kappa shape index (κ3) is 4.66. The van der Waals surface area contributed by atoms with E-state index in [0.717, 1.165) is 11.6 Å². The second-order valence-corrected chi connectivity index (χ2v) is 8.46. The van der Waals surface area contributed by atoms with Crippen molar-refractivity contribution in [3.63, 3.8) is 0 Å². The molecule has 9 nitrogen and oxygen atoms in total. The van der Waals surface area contributed by atoms with Gasteiger partial charge < -0.3 is 4.90 Å². The second kappa shape index (κ2) is 8.50. The van der Waals surface area contributed by atoms with Gasteiger partial charge in [-0.1, -0.05) is 6.07 Å². The molecule has 152 valence electrons. The first-order valence-electron chi connectivity index (χ1n) is 8.91. The molecule has 10 heteroatoms. The molecule has 0 atom stereocenters. The summed E-state index contributed by atoms with van der Waals surface area (Å²) in [6, 6.07) is 7.33. The summed E-state index contributed by atoms with van der Waals surface area (Å²) in [5.41, 5.74) is 1.01. The third-order valence-electron chi connectivity index (χ3n) is 4.68. The molecule has 2 aromatic rings. The third-order valence-corrected chi connectivity index (χ3v) is 6.72. The lowest BCUT2D eigenvalue weighted by atomic mass is 10.2. The van der Waals surface area contributed by atoms with Gasteiger partial charge in [-0.25, -0.2) is 8.42 Å². The Hall–Kier alpha value is -3.11. The maximum atomic E-state index is 13.0. The summed E-state index contributed by atoms with van der Waals surface area (Å²) in [6.45, 7) is 2.33. The van der Waals surface area contributed by atoms with E-state index in [-0.39, 0.29) is 42.7 Å². The number of aryl methyl sites for hydroxylation is 1. The molecular formula is C19H20N4O5S. The second-order valence-electron chi connectivity index (χ2n) is 6.55. The van der Waals surface area contributed by atoms with Crippen LogP contribution >= 0.6 is 0 Å². The largest absolute Gasteiger partial charge is 0.337 e. The number of pyridine rings is 1. The standard InChI is InChI=1S/C19H20N4O5S/c1-15-2-4-17(23(25)26)14-18(15)29(27,28)22-12-10-21(11-13-22)19(24)5-3-16-6-8-20-9-7-16/h2-9,14H,10-13H2,1H3/b5-3+. The number of benzene rings is 1. The van der Waals surface area contributed by atoms with Crippen LogP contribution < -0.4 is 0 Å². The van der Waals surface area contributed by atoms with E-state index in [0.29, 0.717) is 5.56 Å². The highest BCUT2D eigenvalue weighted by Crippen LogP contribution is 2.25. The zero-order valence-corrected chi connectivity index (χ0v) is 16.6. The summed E-state index contributed by atoms with van der Waals surface area (Å²) in [5.74, 6) is -0.203. The highest BCUT2D eigenvalue weighted by Gasteiger charge is 2.31. The van der Waals surface area contributed by atoms with Crippen molar-refractivity contribution < 1.29 is 18.1 Å². The number of sulfonamides is 1. The molecule has 0 N–H and O–H groups in total. The van der Waals surface area contributed by atoms with Gasteiger partial charge in [0.2, 0.25) is 15.9 Å². The minimum Gasteiger partial charge on any atom is -0.337 e. The van der Waals surface area contributed by atoms with Gasteiger partial charge in [-0.15, -0.1) is 0 Å². The SMILES string of the molecule is Cc1ccc([N+](=O)[O-])cc1S(=O)(=O)N1CCN(C(=O)/C=C/c2ccncc2)CC1. The number of rotatable bonds is 5. The van der Waals surface area contributed by atoms with Gasteiger partial charge in [-0.2, -0.15) is 4.31 Å². The number of hydrogen-bond acceptors (Lipinski definition) is 6. The zero-order valence-electron chi connectivity index (χ0n) is 15.8. The number of nitro groups is 1. The highest BCUT2D eigenvalue weighted by molar-refractivity contribution is 7.89. The summed E-state index contributed by atoms with van der Waals surface area (Å²) in [5, 5.41) is 11.0. The van der Waals surface area contributed by atoms with Crippen molar-refractivity contribution in [2.75, 3.05) is 26.2 Å². The molecule has 0 bridgehead atoms. The molecule has 29 heavy (non-hydrogen) atoms.